The van der Waals surface area contributed by atoms with Gasteiger partial charge in [-0.15, -0.1) is 5.10 Å². The van der Waals surface area contributed by atoms with E-state index in [1.807, 2.05) is 0 Å². The number of fused-ring (bicyclic) bond motifs is 1. The standard InChI is InChI=1S/C19H16ClFN6O3/c1-25-9-22-16-15(25)17(28)26(10-23-16)8-14-24-27(18(29)30-14)13-6-19(21,7-13)11-2-4-12(20)5-3-11/h2-5,9-10,13H,6-8H2,1H3/t13-,19+. The van der Waals surface area contributed by atoms with Crippen molar-refractivity contribution in [2.24, 2.45) is 7.05 Å². The predicted molar refractivity (Wildman–Crippen MR) is 105 cm³/mol. The molecule has 1 aliphatic carbocycles. The van der Waals surface area contributed by atoms with E-state index in [2.05, 4.69) is 15.1 Å². The Kier molecular flexibility index (Phi) is 4.14. The Morgan fingerprint density at radius 1 is 1.20 bits per heavy atom. The molecule has 0 unspecified atom stereocenters. The van der Waals surface area contributed by atoms with Crippen LogP contribution in [0.4, 0.5) is 4.39 Å². The first-order valence-corrected chi connectivity index (χ1v) is 9.62. The van der Waals surface area contributed by atoms with Crippen molar-refractivity contribution >= 4 is 22.8 Å². The van der Waals surface area contributed by atoms with Crippen molar-refractivity contribution in [1.29, 1.82) is 0 Å². The summed E-state index contributed by atoms with van der Waals surface area (Å²) >= 11 is 5.86. The zero-order chi connectivity index (χ0) is 21.0. The Hall–Kier alpha value is -3.27. The van der Waals surface area contributed by atoms with Crippen molar-refractivity contribution in [1.82, 2.24) is 28.9 Å². The molecule has 3 heterocycles. The molecule has 1 saturated carbocycles. The van der Waals surface area contributed by atoms with Gasteiger partial charge in [0.15, 0.2) is 11.2 Å². The summed E-state index contributed by atoms with van der Waals surface area (Å²) in [5, 5.41) is 4.70. The largest absolute Gasteiger partial charge is 0.437 e. The molecule has 1 fully saturated rings. The first-order valence-electron chi connectivity index (χ1n) is 9.24. The number of rotatable bonds is 4. The highest BCUT2D eigenvalue weighted by Crippen LogP contribution is 2.51. The van der Waals surface area contributed by atoms with Gasteiger partial charge in [-0.1, -0.05) is 23.7 Å². The fourth-order valence-corrected chi connectivity index (χ4v) is 3.92. The van der Waals surface area contributed by atoms with Crippen LogP contribution in [0.1, 0.15) is 30.3 Å². The number of nitrogens with zero attached hydrogens (tertiary/aromatic N) is 6. The summed E-state index contributed by atoms with van der Waals surface area (Å²) in [5.41, 5.74) is -0.683. The van der Waals surface area contributed by atoms with E-state index in [4.69, 9.17) is 16.0 Å². The smallest absolute Gasteiger partial charge is 0.390 e. The van der Waals surface area contributed by atoms with Gasteiger partial charge >= 0.3 is 5.76 Å². The minimum Gasteiger partial charge on any atom is -0.390 e. The molecule has 0 bridgehead atoms. The van der Waals surface area contributed by atoms with E-state index >= 15 is 4.39 Å². The molecule has 5 rings (SSSR count). The fourth-order valence-electron chi connectivity index (χ4n) is 3.80. The van der Waals surface area contributed by atoms with Gasteiger partial charge in [0.25, 0.3) is 5.56 Å². The van der Waals surface area contributed by atoms with Gasteiger partial charge in [0.05, 0.1) is 12.4 Å². The average Bonchev–Trinajstić information content (AvgIpc) is 3.25. The number of halogens is 2. The van der Waals surface area contributed by atoms with Gasteiger partial charge in [0.1, 0.15) is 18.5 Å². The van der Waals surface area contributed by atoms with Crippen LogP contribution < -0.4 is 11.3 Å². The van der Waals surface area contributed by atoms with Gasteiger partial charge in [-0.25, -0.2) is 19.2 Å². The topological polar surface area (TPSA) is 101 Å². The van der Waals surface area contributed by atoms with E-state index in [0.717, 1.165) is 4.68 Å². The molecule has 1 aliphatic rings. The third kappa shape index (κ3) is 2.95. The number of hydrogen-bond acceptors (Lipinski definition) is 6. The van der Waals surface area contributed by atoms with E-state index in [1.54, 1.807) is 35.9 Å². The van der Waals surface area contributed by atoms with Crippen molar-refractivity contribution in [3.63, 3.8) is 0 Å². The van der Waals surface area contributed by atoms with Gasteiger partial charge in [-0.05, 0) is 17.7 Å². The predicted octanol–water partition coefficient (Wildman–Crippen LogP) is 2.18. The first-order chi connectivity index (χ1) is 14.3. The quantitative estimate of drug-likeness (QED) is 0.492. The molecule has 0 spiro atoms. The minimum atomic E-state index is -1.54. The highest BCUT2D eigenvalue weighted by molar-refractivity contribution is 6.30. The maximum atomic E-state index is 15.1. The SMILES string of the molecule is Cn1cnc2ncn(Cc3nn([C@H]4C[C@](F)(c5ccc(Cl)cc5)C4)c(=O)o3)c(=O)c21. The summed E-state index contributed by atoms with van der Waals surface area (Å²) in [6.45, 7) is -0.0696. The molecule has 11 heteroatoms. The second-order valence-electron chi connectivity index (χ2n) is 7.45. The molecular formula is C19H16ClFN6O3. The normalized spacial score (nSPS) is 21.1. The third-order valence-corrected chi connectivity index (χ3v) is 5.70. The van der Waals surface area contributed by atoms with E-state index < -0.39 is 17.5 Å². The van der Waals surface area contributed by atoms with Crippen LogP contribution >= 0.6 is 11.6 Å². The molecule has 0 amide bonds. The fraction of sp³-hybridized carbons (Fsp3) is 0.316. The molecule has 0 aliphatic heterocycles. The molecule has 1 aromatic carbocycles. The van der Waals surface area contributed by atoms with Gasteiger partial charge in [0, 0.05) is 24.9 Å². The number of hydrogen-bond donors (Lipinski definition) is 0. The Morgan fingerprint density at radius 3 is 2.63 bits per heavy atom. The lowest BCUT2D eigenvalue weighted by Gasteiger charge is -2.40. The van der Waals surface area contributed by atoms with Crippen LogP contribution in [0.3, 0.4) is 0 Å². The second-order valence-corrected chi connectivity index (χ2v) is 7.88. The van der Waals surface area contributed by atoms with Crippen molar-refractivity contribution in [2.45, 2.75) is 31.1 Å². The van der Waals surface area contributed by atoms with Crippen LogP contribution in [-0.2, 0) is 19.3 Å². The Morgan fingerprint density at radius 2 is 1.90 bits per heavy atom. The van der Waals surface area contributed by atoms with Crippen LogP contribution in [0, 0.1) is 0 Å². The van der Waals surface area contributed by atoms with Crippen molar-refractivity contribution < 1.29 is 8.81 Å². The average molecular weight is 431 g/mol. The van der Waals surface area contributed by atoms with Crippen LogP contribution in [-0.4, -0.2) is 28.9 Å². The van der Waals surface area contributed by atoms with Crippen LogP contribution in [0.2, 0.25) is 5.02 Å². The molecule has 0 atom stereocenters. The molecule has 30 heavy (non-hydrogen) atoms. The summed E-state index contributed by atoms with van der Waals surface area (Å²) in [5.74, 6) is -0.635. The van der Waals surface area contributed by atoms with Gasteiger partial charge in [-0.2, -0.15) is 4.68 Å². The molecule has 9 nitrogen and oxygen atoms in total. The van der Waals surface area contributed by atoms with Crippen molar-refractivity contribution in [3.05, 3.63) is 74.3 Å². The highest BCUT2D eigenvalue weighted by atomic mass is 35.5. The minimum absolute atomic E-state index is 0.0493. The monoisotopic (exact) mass is 430 g/mol. The summed E-state index contributed by atoms with van der Waals surface area (Å²) in [6, 6.07) is 6.13. The molecule has 0 N–H and O–H groups in total. The maximum absolute atomic E-state index is 15.1. The van der Waals surface area contributed by atoms with Crippen LogP contribution in [0.15, 0.2) is 50.9 Å². The Labute approximate surface area is 173 Å². The van der Waals surface area contributed by atoms with Gasteiger partial charge < -0.3 is 8.98 Å². The molecule has 154 valence electrons. The number of benzene rings is 1. The highest BCUT2D eigenvalue weighted by Gasteiger charge is 2.48. The van der Waals surface area contributed by atoms with E-state index in [-0.39, 0.29) is 30.8 Å². The molecule has 4 aromatic rings. The lowest BCUT2D eigenvalue weighted by atomic mass is 9.73. The lowest BCUT2D eigenvalue weighted by molar-refractivity contribution is 0.00179. The zero-order valence-electron chi connectivity index (χ0n) is 15.8. The molecule has 0 saturated heterocycles. The van der Waals surface area contributed by atoms with E-state index in [9.17, 15) is 9.59 Å². The number of alkyl halides is 1. The first kappa shape index (κ1) is 18.7. The Balaban J connectivity index is 1.37. The van der Waals surface area contributed by atoms with Gasteiger partial charge in [0.2, 0.25) is 5.89 Å². The van der Waals surface area contributed by atoms with E-state index in [1.165, 1.54) is 17.2 Å². The van der Waals surface area contributed by atoms with Crippen molar-refractivity contribution in [2.75, 3.05) is 0 Å². The van der Waals surface area contributed by atoms with E-state index in [0.29, 0.717) is 21.7 Å². The summed E-state index contributed by atoms with van der Waals surface area (Å²) in [7, 11) is 1.69. The Bertz CT molecular complexity index is 1360. The molecule has 3 aromatic heterocycles. The summed E-state index contributed by atoms with van der Waals surface area (Å²) in [4.78, 5) is 33.0. The zero-order valence-corrected chi connectivity index (χ0v) is 16.6. The lowest BCUT2D eigenvalue weighted by Crippen LogP contribution is -2.41. The number of aryl methyl sites for hydroxylation is 1. The number of imidazole rings is 1. The van der Waals surface area contributed by atoms with Crippen molar-refractivity contribution in [3.8, 4) is 0 Å². The van der Waals surface area contributed by atoms with Crippen LogP contribution in [0.25, 0.3) is 11.2 Å². The van der Waals surface area contributed by atoms with Gasteiger partial charge in [-0.3, -0.25) is 9.36 Å². The molecule has 0 radical (unpaired) electrons. The van der Waals surface area contributed by atoms with Crippen LogP contribution in [0.5, 0.6) is 0 Å². The second kappa shape index (κ2) is 6.63. The maximum Gasteiger partial charge on any atom is 0.437 e. The summed E-state index contributed by atoms with van der Waals surface area (Å²) in [6.07, 6.45) is 3.03. The molecular weight excluding hydrogens is 415 g/mol. The third-order valence-electron chi connectivity index (χ3n) is 5.44. The number of aromatic nitrogens is 6. The summed E-state index contributed by atoms with van der Waals surface area (Å²) < 4.78 is 24.3.